The number of aryl methyl sites for hydroxylation is 2. The Hall–Kier alpha value is -2.34. The number of amides is 1. The number of sulfone groups is 1. The molecule has 3 rings (SSSR count). The maximum atomic E-state index is 13.6. The van der Waals surface area contributed by atoms with Crippen LogP contribution in [0.1, 0.15) is 42.4 Å². The van der Waals surface area contributed by atoms with E-state index < -0.39 is 20.5 Å². The second kappa shape index (κ2) is 7.95. The Morgan fingerprint density at radius 3 is 2.32 bits per heavy atom. The SMILES string of the molecule is COc1ccc(CNC(=O)C2(S(=O)(=O)c3cc(C)ccc3C)CCCC2)cc1. The Labute approximate surface area is 167 Å². The van der Waals surface area contributed by atoms with Crippen molar-refractivity contribution in [2.24, 2.45) is 0 Å². The largest absolute Gasteiger partial charge is 0.497 e. The minimum absolute atomic E-state index is 0.272. The lowest BCUT2D eigenvalue weighted by Crippen LogP contribution is -2.50. The number of hydrogen-bond donors (Lipinski definition) is 1. The van der Waals surface area contributed by atoms with Gasteiger partial charge in [-0.3, -0.25) is 4.79 Å². The number of carbonyl (C=O) groups excluding carboxylic acids is 1. The van der Waals surface area contributed by atoms with Crippen molar-refractivity contribution in [1.82, 2.24) is 5.32 Å². The van der Waals surface area contributed by atoms with Crippen molar-refractivity contribution in [1.29, 1.82) is 0 Å². The van der Waals surface area contributed by atoms with E-state index in [0.29, 0.717) is 18.4 Å². The van der Waals surface area contributed by atoms with Crippen molar-refractivity contribution >= 4 is 15.7 Å². The van der Waals surface area contributed by atoms with Gasteiger partial charge in [0.05, 0.1) is 12.0 Å². The van der Waals surface area contributed by atoms with Gasteiger partial charge in [0.1, 0.15) is 5.75 Å². The van der Waals surface area contributed by atoms with Gasteiger partial charge in [0.15, 0.2) is 14.6 Å². The van der Waals surface area contributed by atoms with Crippen LogP contribution in [0.2, 0.25) is 0 Å². The summed E-state index contributed by atoms with van der Waals surface area (Å²) in [5.74, 6) is 0.335. The molecule has 0 aromatic heterocycles. The fourth-order valence-corrected chi connectivity index (χ4v) is 6.25. The third kappa shape index (κ3) is 3.65. The highest BCUT2D eigenvalue weighted by atomic mass is 32.2. The molecular weight excluding hydrogens is 374 g/mol. The van der Waals surface area contributed by atoms with E-state index in [1.165, 1.54) is 0 Å². The average molecular weight is 402 g/mol. The fourth-order valence-electron chi connectivity index (χ4n) is 3.86. The standard InChI is InChI=1S/C22H27NO4S/c1-16-6-7-17(2)20(14-16)28(25,26)22(12-4-5-13-22)21(24)23-15-18-8-10-19(27-3)11-9-18/h6-11,14H,4-5,12-13,15H2,1-3H3,(H,23,24). The Bertz CT molecular complexity index is 959. The quantitative estimate of drug-likeness (QED) is 0.801. The predicted octanol–water partition coefficient (Wildman–Crippen LogP) is 3.71. The van der Waals surface area contributed by atoms with Gasteiger partial charge < -0.3 is 10.1 Å². The molecule has 5 nitrogen and oxygen atoms in total. The van der Waals surface area contributed by atoms with Crippen LogP contribution >= 0.6 is 0 Å². The summed E-state index contributed by atoms with van der Waals surface area (Å²) < 4.78 is 30.9. The zero-order chi connectivity index (χ0) is 20.4. The van der Waals surface area contributed by atoms with E-state index in [-0.39, 0.29) is 11.4 Å². The summed E-state index contributed by atoms with van der Waals surface area (Å²) in [6.45, 7) is 3.93. The summed E-state index contributed by atoms with van der Waals surface area (Å²) in [6, 6.07) is 12.7. The molecule has 1 aliphatic rings. The van der Waals surface area contributed by atoms with Gasteiger partial charge in [-0.1, -0.05) is 37.1 Å². The van der Waals surface area contributed by atoms with Crippen LogP contribution in [0.5, 0.6) is 5.75 Å². The molecule has 6 heteroatoms. The molecule has 1 aliphatic carbocycles. The first kappa shape index (κ1) is 20.4. The van der Waals surface area contributed by atoms with Crippen molar-refractivity contribution < 1.29 is 17.9 Å². The van der Waals surface area contributed by atoms with Gasteiger partial charge >= 0.3 is 0 Å². The monoisotopic (exact) mass is 401 g/mol. The van der Waals surface area contributed by atoms with Crippen molar-refractivity contribution in [3.63, 3.8) is 0 Å². The molecule has 1 fully saturated rings. The summed E-state index contributed by atoms with van der Waals surface area (Å²) in [6.07, 6.45) is 2.19. The van der Waals surface area contributed by atoms with Gasteiger partial charge in [0.2, 0.25) is 5.91 Å². The van der Waals surface area contributed by atoms with Crippen LogP contribution in [-0.2, 0) is 21.2 Å². The van der Waals surface area contributed by atoms with Crippen LogP contribution in [-0.4, -0.2) is 26.2 Å². The molecule has 0 atom stereocenters. The molecule has 1 amide bonds. The normalized spacial score (nSPS) is 16.0. The number of nitrogens with one attached hydrogen (secondary N) is 1. The van der Waals surface area contributed by atoms with Crippen molar-refractivity contribution in [3.8, 4) is 5.75 Å². The number of methoxy groups -OCH3 is 1. The van der Waals surface area contributed by atoms with Gasteiger partial charge in [-0.25, -0.2) is 8.42 Å². The smallest absolute Gasteiger partial charge is 0.242 e. The first-order valence-electron chi connectivity index (χ1n) is 9.53. The van der Waals surface area contributed by atoms with E-state index in [1.807, 2.05) is 37.3 Å². The van der Waals surface area contributed by atoms with Gasteiger partial charge in [-0.15, -0.1) is 0 Å². The summed E-state index contributed by atoms with van der Waals surface area (Å²) >= 11 is 0. The Kier molecular flexibility index (Phi) is 5.79. The average Bonchev–Trinajstić information content (AvgIpc) is 3.20. The number of benzene rings is 2. The molecule has 0 bridgehead atoms. The number of rotatable bonds is 6. The summed E-state index contributed by atoms with van der Waals surface area (Å²) in [7, 11) is -2.20. The number of ether oxygens (including phenoxy) is 1. The maximum absolute atomic E-state index is 13.6. The molecule has 0 spiro atoms. The van der Waals surface area contributed by atoms with E-state index in [1.54, 1.807) is 26.2 Å². The molecule has 28 heavy (non-hydrogen) atoms. The molecule has 0 unspecified atom stereocenters. The molecule has 0 aliphatic heterocycles. The molecule has 2 aromatic carbocycles. The number of hydrogen-bond acceptors (Lipinski definition) is 4. The highest BCUT2D eigenvalue weighted by Crippen LogP contribution is 2.41. The summed E-state index contributed by atoms with van der Waals surface area (Å²) in [5, 5.41) is 2.87. The second-order valence-electron chi connectivity index (χ2n) is 7.50. The molecule has 0 saturated heterocycles. The molecular formula is C22H27NO4S. The van der Waals surface area contributed by atoms with Gasteiger partial charge in [-0.05, 0) is 61.6 Å². The third-order valence-corrected chi connectivity index (χ3v) is 8.23. The second-order valence-corrected chi connectivity index (χ2v) is 9.73. The van der Waals surface area contributed by atoms with E-state index in [4.69, 9.17) is 4.74 Å². The Morgan fingerprint density at radius 1 is 1.07 bits per heavy atom. The molecule has 0 heterocycles. The van der Waals surface area contributed by atoms with Crippen molar-refractivity contribution in [2.75, 3.05) is 7.11 Å². The van der Waals surface area contributed by atoms with Crippen LogP contribution in [0.3, 0.4) is 0 Å². The first-order chi connectivity index (χ1) is 13.3. The lowest BCUT2D eigenvalue weighted by atomic mass is 10.1. The maximum Gasteiger partial charge on any atom is 0.242 e. The lowest BCUT2D eigenvalue weighted by Gasteiger charge is -2.28. The Morgan fingerprint density at radius 2 is 1.71 bits per heavy atom. The van der Waals surface area contributed by atoms with Crippen molar-refractivity contribution in [3.05, 3.63) is 59.2 Å². The molecule has 150 valence electrons. The summed E-state index contributed by atoms with van der Waals surface area (Å²) in [5.41, 5.74) is 2.45. The van der Waals surface area contributed by atoms with Gasteiger partial charge in [0, 0.05) is 6.54 Å². The highest BCUT2D eigenvalue weighted by molar-refractivity contribution is 7.93. The van der Waals surface area contributed by atoms with E-state index in [2.05, 4.69) is 5.32 Å². The third-order valence-electron chi connectivity index (χ3n) is 5.58. The minimum atomic E-state index is -3.80. The topological polar surface area (TPSA) is 72.5 Å². The van der Waals surface area contributed by atoms with Crippen LogP contribution in [0, 0.1) is 13.8 Å². The molecule has 0 radical (unpaired) electrons. The van der Waals surface area contributed by atoms with Gasteiger partial charge in [-0.2, -0.15) is 0 Å². The fraction of sp³-hybridized carbons (Fsp3) is 0.409. The predicted molar refractivity (Wildman–Crippen MR) is 109 cm³/mol. The van der Waals surface area contributed by atoms with Crippen LogP contribution in [0.15, 0.2) is 47.4 Å². The lowest BCUT2D eigenvalue weighted by molar-refractivity contribution is -0.123. The number of carbonyl (C=O) groups is 1. The van der Waals surface area contributed by atoms with E-state index in [0.717, 1.165) is 29.7 Å². The van der Waals surface area contributed by atoms with Crippen LogP contribution < -0.4 is 10.1 Å². The van der Waals surface area contributed by atoms with Crippen LogP contribution in [0.25, 0.3) is 0 Å². The summed E-state index contributed by atoms with van der Waals surface area (Å²) in [4.78, 5) is 13.4. The van der Waals surface area contributed by atoms with E-state index in [9.17, 15) is 13.2 Å². The highest BCUT2D eigenvalue weighted by Gasteiger charge is 2.53. The molecule has 1 saturated carbocycles. The minimum Gasteiger partial charge on any atom is -0.497 e. The first-order valence-corrected chi connectivity index (χ1v) is 11.0. The van der Waals surface area contributed by atoms with E-state index >= 15 is 0 Å². The van der Waals surface area contributed by atoms with Crippen molar-refractivity contribution in [2.45, 2.75) is 55.7 Å². The molecule has 2 aromatic rings. The zero-order valence-electron chi connectivity index (χ0n) is 16.6. The van der Waals surface area contributed by atoms with Crippen LogP contribution in [0.4, 0.5) is 0 Å². The molecule has 1 N–H and O–H groups in total. The zero-order valence-corrected chi connectivity index (χ0v) is 17.4. The van der Waals surface area contributed by atoms with Gasteiger partial charge in [0.25, 0.3) is 0 Å². The Balaban J connectivity index is 1.88.